The van der Waals surface area contributed by atoms with Crippen LogP contribution in [0, 0.1) is 0 Å². The van der Waals surface area contributed by atoms with Gasteiger partial charge < -0.3 is 15.2 Å². The van der Waals surface area contributed by atoms with Crippen LogP contribution in [0.1, 0.15) is 49.6 Å². The zero-order chi connectivity index (χ0) is 15.0. The van der Waals surface area contributed by atoms with E-state index < -0.39 is 0 Å². The highest BCUT2D eigenvalue weighted by Crippen LogP contribution is 2.41. The summed E-state index contributed by atoms with van der Waals surface area (Å²) >= 11 is 0. The van der Waals surface area contributed by atoms with E-state index in [4.69, 9.17) is 15.2 Å². The maximum atomic E-state index is 6.30. The van der Waals surface area contributed by atoms with Crippen LogP contribution >= 0.6 is 0 Å². The molecule has 21 heavy (non-hydrogen) atoms. The van der Waals surface area contributed by atoms with E-state index >= 15 is 0 Å². The predicted octanol–water partition coefficient (Wildman–Crippen LogP) is 3.00. The number of aromatic nitrogens is 2. The number of hydrogen-bond donors (Lipinski definition) is 1. The summed E-state index contributed by atoms with van der Waals surface area (Å²) in [6.07, 6.45) is 4.60. The summed E-state index contributed by atoms with van der Waals surface area (Å²) in [5.41, 5.74) is 8.37. The van der Waals surface area contributed by atoms with Gasteiger partial charge in [0.15, 0.2) is 0 Å². The minimum atomic E-state index is -0.0590. The van der Waals surface area contributed by atoms with Crippen molar-refractivity contribution in [1.82, 2.24) is 9.78 Å². The molecule has 3 rings (SSSR count). The summed E-state index contributed by atoms with van der Waals surface area (Å²) in [7, 11) is 1.65. The Morgan fingerprint density at radius 3 is 2.90 bits per heavy atom. The van der Waals surface area contributed by atoms with Gasteiger partial charge in [0.25, 0.3) is 0 Å². The van der Waals surface area contributed by atoms with Gasteiger partial charge in [-0.2, -0.15) is 5.10 Å². The van der Waals surface area contributed by atoms with Gasteiger partial charge in [-0.05, 0) is 32.0 Å². The average Bonchev–Trinajstić information content (AvgIpc) is 2.97. The molecular formula is C16H21N3O2. The van der Waals surface area contributed by atoms with Crippen LogP contribution in [0.2, 0.25) is 0 Å². The van der Waals surface area contributed by atoms with E-state index in [2.05, 4.69) is 18.9 Å². The maximum absolute atomic E-state index is 6.30. The van der Waals surface area contributed by atoms with Crippen molar-refractivity contribution < 1.29 is 9.47 Å². The topological polar surface area (TPSA) is 62.3 Å². The van der Waals surface area contributed by atoms with Gasteiger partial charge in [-0.3, -0.25) is 4.68 Å². The Labute approximate surface area is 124 Å². The lowest BCUT2D eigenvalue weighted by Gasteiger charge is -2.30. The first-order chi connectivity index (χ1) is 10.1. The van der Waals surface area contributed by atoms with E-state index in [9.17, 15) is 0 Å². The molecule has 1 aliphatic rings. The highest BCUT2D eigenvalue weighted by atomic mass is 16.5. The summed E-state index contributed by atoms with van der Waals surface area (Å²) in [6.45, 7) is 4.21. The lowest BCUT2D eigenvalue weighted by Crippen LogP contribution is -2.24. The van der Waals surface area contributed by atoms with Crippen LogP contribution in [0.4, 0.5) is 0 Å². The molecular weight excluding hydrogens is 266 g/mol. The Morgan fingerprint density at radius 2 is 2.24 bits per heavy atom. The number of rotatable bonds is 3. The lowest BCUT2D eigenvalue weighted by molar-refractivity contribution is 0.161. The molecule has 0 bridgehead atoms. The molecule has 0 aliphatic carbocycles. The normalized spacial score (nSPS) is 21.0. The van der Waals surface area contributed by atoms with Crippen LogP contribution in [0.25, 0.3) is 0 Å². The number of hydrogen-bond acceptors (Lipinski definition) is 4. The third-order valence-corrected chi connectivity index (χ3v) is 3.88. The van der Waals surface area contributed by atoms with Crippen molar-refractivity contribution in [2.45, 2.75) is 38.5 Å². The van der Waals surface area contributed by atoms with Gasteiger partial charge in [0.2, 0.25) is 0 Å². The van der Waals surface area contributed by atoms with E-state index in [0.29, 0.717) is 6.04 Å². The first-order valence-corrected chi connectivity index (χ1v) is 7.22. The van der Waals surface area contributed by atoms with E-state index in [1.54, 1.807) is 7.11 Å². The fourth-order valence-corrected chi connectivity index (χ4v) is 2.62. The Morgan fingerprint density at radius 1 is 1.43 bits per heavy atom. The summed E-state index contributed by atoms with van der Waals surface area (Å²) in [6, 6.07) is 6.05. The molecule has 0 amide bonds. The summed E-state index contributed by atoms with van der Waals surface area (Å²) < 4.78 is 13.3. The number of benzene rings is 1. The Bertz CT molecular complexity index is 636. The largest absolute Gasteiger partial charge is 0.497 e. The van der Waals surface area contributed by atoms with Crippen molar-refractivity contribution in [1.29, 1.82) is 0 Å². The molecule has 1 aromatic carbocycles. The summed E-state index contributed by atoms with van der Waals surface area (Å²) in [5.74, 6) is 1.63. The van der Waals surface area contributed by atoms with Gasteiger partial charge in [0.05, 0.1) is 13.3 Å². The monoisotopic (exact) mass is 287 g/mol. The zero-order valence-corrected chi connectivity index (χ0v) is 12.6. The lowest BCUT2D eigenvalue weighted by atomic mass is 9.94. The molecule has 0 saturated carbocycles. The van der Waals surface area contributed by atoms with Crippen molar-refractivity contribution in [3.8, 4) is 11.5 Å². The number of methoxy groups -OCH3 is 1. The molecule has 5 nitrogen and oxygen atoms in total. The minimum absolute atomic E-state index is 0.0478. The predicted molar refractivity (Wildman–Crippen MR) is 80.5 cm³/mol. The third-order valence-electron chi connectivity index (χ3n) is 3.88. The molecule has 2 heterocycles. The van der Waals surface area contributed by atoms with Crippen LogP contribution in [0.15, 0.2) is 30.6 Å². The van der Waals surface area contributed by atoms with E-state index in [0.717, 1.165) is 29.0 Å². The third kappa shape index (κ3) is 2.61. The molecule has 2 aromatic rings. The summed E-state index contributed by atoms with van der Waals surface area (Å²) in [4.78, 5) is 0. The smallest absolute Gasteiger partial charge is 0.129 e. The number of nitrogens with zero attached hydrogens (tertiary/aromatic N) is 2. The number of fused-ring (bicyclic) bond motifs is 1. The maximum Gasteiger partial charge on any atom is 0.129 e. The molecule has 0 fully saturated rings. The van der Waals surface area contributed by atoms with Gasteiger partial charge in [-0.25, -0.2) is 0 Å². The second-order valence-electron chi connectivity index (χ2n) is 5.70. The van der Waals surface area contributed by atoms with Crippen molar-refractivity contribution >= 4 is 0 Å². The van der Waals surface area contributed by atoms with Gasteiger partial charge in [-0.1, -0.05) is 0 Å². The van der Waals surface area contributed by atoms with Crippen LogP contribution in [0.5, 0.6) is 11.5 Å². The standard InChI is InChI=1S/C16H21N3O2/c1-10(2)19-9-11(8-18-19)16-7-14(17)13-6-12(20-3)4-5-15(13)21-16/h4-6,8-10,14,16H,7,17H2,1-3H3/t14-,16?/m1/s1. The average molecular weight is 287 g/mol. The quantitative estimate of drug-likeness (QED) is 0.942. The molecule has 2 N–H and O–H groups in total. The molecule has 1 aromatic heterocycles. The van der Waals surface area contributed by atoms with Crippen LogP contribution in [0.3, 0.4) is 0 Å². The number of ether oxygens (including phenoxy) is 2. The Kier molecular flexibility index (Phi) is 3.59. The van der Waals surface area contributed by atoms with E-state index in [1.807, 2.05) is 35.3 Å². The number of nitrogens with two attached hydrogens (primary N) is 1. The molecule has 2 atom stereocenters. The second kappa shape index (κ2) is 5.41. The van der Waals surface area contributed by atoms with Crippen molar-refractivity contribution in [2.75, 3.05) is 7.11 Å². The van der Waals surface area contributed by atoms with Crippen molar-refractivity contribution in [3.63, 3.8) is 0 Å². The first kappa shape index (κ1) is 13.9. The van der Waals surface area contributed by atoms with Crippen LogP contribution in [-0.2, 0) is 0 Å². The van der Waals surface area contributed by atoms with Gasteiger partial charge in [0, 0.05) is 35.8 Å². The molecule has 5 heteroatoms. The molecule has 0 saturated heterocycles. The Balaban J connectivity index is 1.87. The second-order valence-corrected chi connectivity index (χ2v) is 5.70. The molecule has 0 radical (unpaired) electrons. The fraction of sp³-hybridized carbons (Fsp3) is 0.438. The van der Waals surface area contributed by atoms with Gasteiger partial charge in [0.1, 0.15) is 17.6 Å². The summed E-state index contributed by atoms with van der Waals surface area (Å²) in [5, 5.41) is 4.38. The fourth-order valence-electron chi connectivity index (χ4n) is 2.62. The molecule has 1 unspecified atom stereocenters. The van der Waals surface area contributed by atoms with Crippen molar-refractivity contribution in [3.05, 3.63) is 41.7 Å². The highest BCUT2D eigenvalue weighted by molar-refractivity contribution is 5.44. The highest BCUT2D eigenvalue weighted by Gasteiger charge is 2.28. The molecule has 0 spiro atoms. The SMILES string of the molecule is COc1ccc2c(c1)[C@H](N)CC(c1cnn(C(C)C)c1)O2. The van der Waals surface area contributed by atoms with E-state index in [-0.39, 0.29) is 12.1 Å². The van der Waals surface area contributed by atoms with E-state index in [1.165, 1.54) is 0 Å². The Hall–Kier alpha value is -2.01. The van der Waals surface area contributed by atoms with Gasteiger partial charge in [-0.15, -0.1) is 0 Å². The van der Waals surface area contributed by atoms with Crippen LogP contribution < -0.4 is 15.2 Å². The van der Waals surface area contributed by atoms with Crippen molar-refractivity contribution in [2.24, 2.45) is 5.73 Å². The van der Waals surface area contributed by atoms with Gasteiger partial charge >= 0.3 is 0 Å². The first-order valence-electron chi connectivity index (χ1n) is 7.22. The van der Waals surface area contributed by atoms with Crippen LogP contribution in [-0.4, -0.2) is 16.9 Å². The minimum Gasteiger partial charge on any atom is -0.497 e. The zero-order valence-electron chi connectivity index (χ0n) is 12.6. The molecule has 1 aliphatic heterocycles. The molecule has 112 valence electrons.